The Bertz CT molecular complexity index is 487. The highest BCUT2D eigenvalue weighted by Crippen LogP contribution is 2.33. The van der Waals surface area contributed by atoms with Gasteiger partial charge in [-0.2, -0.15) is 0 Å². The van der Waals surface area contributed by atoms with Crippen molar-refractivity contribution < 1.29 is 19.1 Å². The molecule has 0 spiro atoms. The number of hydrogen-bond donors (Lipinski definition) is 0. The molecular weight excluding hydrogens is 268 g/mol. The lowest BCUT2D eigenvalue weighted by Gasteiger charge is -2.25. The van der Waals surface area contributed by atoms with Crippen molar-refractivity contribution in [2.45, 2.75) is 27.2 Å². The molecule has 0 unspecified atom stereocenters. The molecule has 0 saturated heterocycles. The minimum absolute atomic E-state index is 0.161. The van der Waals surface area contributed by atoms with Crippen LogP contribution in [0.4, 0.5) is 0 Å². The van der Waals surface area contributed by atoms with Crippen LogP contribution in [-0.2, 0) is 19.1 Å². The van der Waals surface area contributed by atoms with Gasteiger partial charge in [0.05, 0.1) is 13.2 Å². The summed E-state index contributed by atoms with van der Waals surface area (Å²) in [7, 11) is 0. The number of carbonyl (C=O) groups is 2. The minimum Gasteiger partial charge on any atom is -0.465 e. The predicted octanol–water partition coefficient (Wildman–Crippen LogP) is 3.22. The number of rotatable bonds is 7. The number of allylic oxidation sites excluding steroid dienone is 1. The van der Waals surface area contributed by atoms with Crippen molar-refractivity contribution in [2.24, 2.45) is 5.41 Å². The Balaban J connectivity index is 2.99. The number of carbonyl (C=O) groups excluding carboxylic acids is 2. The first-order valence-electron chi connectivity index (χ1n) is 7.03. The molecule has 1 aromatic carbocycles. The smallest absolute Gasteiger partial charge is 0.323 e. The highest BCUT2D eigenvalue weighted by atomic mass is 16.6. The van der Waals surface area contributed by atoms with Gasteiger partial charge in [0.25, 0.3) is 0 Å². The van der Waals surface area contributed by atoms with Gasteiger partial charge in [-0.1, -0.05) is 36.9 Å². The van der Waals surface area contributed by atoms with Crippen LogP contribution in [0, 0.1) is 5.41 Å². The lowest BCUT2D eigenvalue weighted by atomic mass is 9.82. The molecule has 0 radical (unpaired) electrons. The Hall–Kier alpha value is -2.10. The van der Waals surface area contributed by atoms with E-state index in [1.807, 2.05) is 30.3 Å². The number of ether oxygens (including phenoxy) is 2. The summed E-state index contributed by atoms with van der Waals surface area (Å²) in [4.78, 5) is 24.4. The SMILES string of the molecule is C=C(CC(C)(C(=O)OCC)C(=O)OCC)c1ccccc1. The second kappa shape index (κ2) is 7.62. The average molecular weight is 290 g/mol. The van der Waals surface area contributed by atoms with Crippen LogP contribution in [0.2, 0.25) is 0 Å². The summed E-state index contributed by atoms with van der Waals surface area (Å²) in [5.41, 5.74) is 0.204. The molecule has 0 bridgehead atoms. The van der Waals surface area contributed by atoms with Crippen molar-refractivity contribution >= 4 is 17.5 Å². The number of esters is 2. The van der Waals surface area contributed by atoms with E-state index in [0.29, 0.717) is 5.57 Å². The lowest BCUT2D eigenvalue weighted by Crippen LogP contribution is -2.39. The van der Waals surface area contributed by atoms with Gasteiger partial charge in [-0.25, -0.2) is 0 Å². The fraction of sp³-hybridized carbons (Fsp3) is 0.412. The zero-order chi connectivity index (χ0) is 15.9. The van der Waals surface area contributed by atoms with E-state index in [1.165, 1.54) is 6.92 Å². The minimum atomic E-state index is -1.38. The van der Waals surface area contributed by atoms with E-state index in [-0.39, 0.29) is 19.6 Å². The second-order valence-corrected chi connectivity index (χ2v) is 4.92. The Morgan fingerprint density at radius 3 is 1.95 bits per heavy atom. The van der Waals surface area contributed by atoms with Crippen molar-refractivity contribution in [1.82, 2.24) is 0 Å². The number of hydrogen-bond acceptors (Lipinski definition) is 4. The summed E-state index contributed by atoms with van der Waals surface area (Å²) >= 11 is 0. The summed E-state index contributed by atoms with van der Waals surface area (Å²) < 4.78 is 10.1. The van der Waals surface area contributed by atoms with E-state index in [9.17, 15) is 9.59 Å². The van der Waals surface area contributed by atoms with Crippen LogP contribution in [0.15, 0.2) is 36.9 Å². The molecule has 0 saturated carbocycles. The molecule has 0 fully saturated rings. The molecule has 4 nitrogen and oxygen atoms in total. The lowest BCUT2D eigenvalue weighted by molar-refractivity contribution is -0.170. The van der Waals surface area contributed by atoms with Crippen LogP contribution in [0.1, 0.15) is 32.8 Å². The molecule has 1 aromatic rings. The zero-order valence-electron chi connectivity index (χ0n) is 12.8. The van der Waals surface area contributed by atoms with Crippen molar-refractivity contribution in [2.75, 3.05) is 13.2 Å². The van der Waals surface area contributed by atoms with E-state index in [1.54, 1.807) is 13.8 Å². The molecule has 0 aliphatic carbocycles. The normalized spacial score (nSPS) is 10.8. The standard InChI is InChI=1S/C17H22O4/c1-5-20-15(18)17(4,16(19)21-6-2)12-13(3)14-10-8-7-9-11-14/h7-11H,3,5-6,12H2,1-2,4H3. The van der Waals surface area contributed by atoms with Gasteiger partial charge in [0, 0.05) is 0 Å². The van der Waals surface area contributed by atoms with Crippen LogP contribution >= 0.6 is 0 Å². The first-order valence-corrected chi connectivity index (χ1v) is 7.03. The summed E-state index contributed by atoms with van der Waals surface area (Å²) in [5.74, 6) is -1.17. The van der Waals surface area contributed by atoms with E-state index in [0.717, 1.165) is 5.56 Å². The monoisotopic (exact) mass is 290 g/mol. The van der Waals surface area contributed by atoms with Gasteiger partial charge in [-0.3, -0.25) is 9.59 Å². The zero-order valence-corrected chi connectivity index (χ0v) is 12.8. The maximum Gasteiger partial charge on any atom is 0.323 e. The molecule has 114 valence electrons. The topological polar surface area (TPSA) is 52.6 Å². The van der Waals surface area contributed by atoms with Crippen molar-refractivity contribution in [3.8, 4) is 0 Å². The highest BCUT2D eigenvalue weighted by molar-refractivity contribution is 6.01. The summed E-state index contributed by atoms with van der Waals surface area (Å²) in [5, 5.41) is 0. The van der Waals surface area contributed by atoms with Gasteiger partial charge in [0.1, 0.15) is 0 Å². The molecule has 0 aliphatic heterocycles. The molecule has 0 amide bonds. The largest absolute Gasteiger partial charge is 0.465 e. The molecule has 0 aliphatic rings. The molecule has 0 atom stereocenters. The summed E-state index contributed by atoms with van der Waals surface area (Å²) in [6.45, 7) is 9.35. The molecule has 0 N–H and O–H groups in total. The van der Waals surface area contributed by atoms with E-state index in [2.05, 4.69) is 6.58 Å². The van der Waals surface area contributed by atoms with Crippen LogP contribution in [0.5, 0.6) is 0 Å². The van der Waals surface area contributed by atoms with Gasteiger partial charge >= 0.3 is 11.9 Å². The summed E-state index contributed by atoms with van der Waals surface area (Å²) in [6, 6.07) is 9.43. The fourth-order valence-corrected chi connectivity index (χ4v) is 2.01. The van der Waals surface area contributed by atoms with Gasteiger partial charge in [-0.05, 0) is 38.3 Å². The Morgan fingerprint density at radius 2 is 1.52 bits per heavy atom. The van der Waals surface area contributed by atoms with Gasteiger partial charge in [0.2, 0.25) is 0 Å². The van der Waals surface area contributed by atoms with Crippen LogP contribution in [0.3, 0.4) is 0 Å². The Morgan fingerprint density at radius 1 is 1.05 bits per heavy atom. The van der Waals surface area contributed by atoms with Gasteiger partial charge < -0.3 is 9.47 Å². The molecule has 21 heavy (non-hydrogen) atoms. The molecule has 4 heteroatoms. The molecule has 0 heterocycles. The molecule has 1 rings (SSSR count). The molecular formula is C17H22O4. The van der Waals surface area contributed by atoms with Crippen LogP contribution < -0.4 is 0 Å². The first kappa shape index (κ1) is 17.0. The van der Waals surface area contributed by atoms with Gasteiger partial charge in [-0.15, -0.1) is 0 Å². The van der Waals surface area contributed by atoms with Crippen molar-refractivity contribution in [3.63, 3.8) is 0 Å². The highest BCUT2D eigenvalue weighted by Gasteiger charge is 2.44. The third-order valence-corrected chi connectivity index (χ3v) is 3.20. The van der Waals surface area contributed by atoms with Crippen LogP contribution in [0.25, 0.3) is 5.57 Å². The predicted molar refractivity (Wildman–Crippen MR) is 81.5 cm³/mol. The Labute approximate surface area is 125 Å². The second-order valence-electron chi connectivity index (χ2n) is 4.92. The summed E-state index contributed by atoms with van der Waals surface area (Å²) in [6.07, 6.45) is 0.161. The van der Waals surface area contributed by atoms with Crippen LogP contribution in [-0.4, -0.2) is 25.2 Å². The van der Waals surface area contributed by atoms with Crippen molar-refractivity contribution in [1.29, 1.82) is 0 Å². The van der Waals surface area contributed by atoms with E-state index >= 15 is 0 Å². The first-order chi connectivity index (χ1) is 9.95. The third kappa shape index (κ3) is 4.18. The maximum atomic E-state index is 12.2. The average Bonchev–Trinajstić information content (AvgIpc) is 2.48. The Kier molecular flexibility index (Phi) is 6.15. The third-order valence-electron chi connectivity index (χ3n) is 3.20. The quantitative estimate of drug-likeness (QED) is 0.571. The fourth-order valence-electron chi connectivity index (χ4n) is 2.01. The number of benzene rings is 1. The maximum absolute atomic E-state index is 12.2. The van der Waals surface area contributed by atoms with E-state index in [4.69, 9.17) is 9.47 Å². The van der Waals surface area contributed by atoms with E-state index < -0.39 is 17.4 Å². The van der Waals surface area contributed by atoms with Gasteiger partial charge in [0.15, 0.2) is 5.41 Å². The molecule has 0 aromatic heterocycles. The van der Waals surface area contributed by atoms with Crippen molar-refractivity contribution in [3.05, 3.63) is 42.5 Å².